The Morgan fingerprint density at radius 2 is 2.19 bits per heavy atom. The molecule has 0 bridgehead atoms. The number of benzene rings is 1. The first-order valence-corrected chi connectivity index (χ1v) is 4.81. The lowest BCUT2D eigenvalue weighted by Gasteiger charge is -2.05. The first-order chi connectivity index (χ1) is 7.81. The Kier molecular flexibility index (Phi) is 2.88. The van der Waals surface area contributed by atoms with Gasteiger partial charge in [0.25, 0.3) is 11.9 Å². The molecule has 1 saturated heterocycles. The molecule has 0 spiro atoms. The maximum absolute atomic E-state index is 11.6. The molecule has 0 aromatic heterocycles. The van der Waals surface area contributed by atoms with Gasteiger partial charge in [0.05, 0.1) is 0 Å². The molecule has 1 atom stereocenters. The number of nitrogens with zero attached hydrogens (tertiary/aromatic N) is 1. The van der Waals surface area contributed by atoms with E-state index in [4.69, 9.17) is 11.2 Å². The molecule has 2 rings (SSSR count). The molecule has 0 radical (unpaired) electrons. The number of carbonyl (C=O) groups excluding carboxylic acids is 1. The topological polar surface area (TPSA) is 50.7 Å². The van der Waals surface area contributed by atoms with Crippen LogP contribution in [0, 0.1) is 12.3 Å². The van der Waals surface area contributed by atoms with Crippen molar-refractivity contribution in [2.45, 2.75) is 6.10 Å². The molecular formula is C12H10N2O2. The Hall–Kier alpha value is -2.28. The third-order valence-electron chi connectivity index (χ3n) is 2.11. The van der Waals surface area contributed by atoms with Crippen molar-refractivity contribution in [3.8, 4) is 12.3 Å². The predicted octanol–water partition coefficient (Wildman–Crippen LogP) is 0.863. The van der Waals surface area contributed by atoms with Gasteiger partial charge in [-0.15, -0.1) is 6.42 Å². The highest BCUT2D eigenvalue weighted by Crippen LogP contribution is 2.21. The van der Waals surface area contributed by atoms with Crippen LogP contribution < -0.4 is 5.32 Å². The number of carbonyl (C=O) groups is 1. The van der Waals surface area contributed by atoms with Gasteiger partial charge in [0.15, 0.2) is 0 Å². The van der Waals surface area contributed by atoms with Gasteiger partial charge >= 0.3 is 0 Å². The van der Waals surface area contributed by atoms with E-state index < -0.39 is 6.10 Å². The van der Waals surface area contributed by atoms with E-state index in [1.54, 1.807) is 0 Å². The zero-order chi connectivity index (χ0) is 11.4. The van der Waals surface area contributed by atoms with Crippen LogP contribution in [0.4, 0.5) is 0 Å². The highest BCUT2D eigenvalue weighted by Gasteiger charge is 2.31. The van der Waals surface area contributed by atoms with Gasteiger partial charge in [0, 0.05) is 5.56 Å². The minimum atomic E-state index is -0.627. The largest absolute Gasteiger partial charge is 0.447 e. The third-order valence-corrected chi connectivity index (χ3v) is 2.11. The number of rotatable bonds is 2. The molecule has 0 saturated carbocycles. The molecule has 16 heavy (non-hydrogen) atoms. The lowest BCUT2D eigenvalue weighted by molar-refractivity contribution is -0.123. The molecule has 1 heterocycles. The van der Waals surface area contributed by atoms with Gasteiger partial charge in [-0.1, -0.05) is 36.3 Å². The Bertz CT molecular complexity index is 460. The van der Waals surface area contributed by atoms with E-state index in [0.29, 0.717) is 0 Å². The summed E-state index contributed by atoms with van der Waals surface area (Å²) in [6.45, 7) is 0.192. The Balaban J connectivity index is 2.15. The molecule has 1 fully saturated rings. The molecule has 1 N–H and O–H groups in total. The van der Waals surface area contributed by atoms with Crippen LogP contribution in [0.25, 0.3) is 0 Å². The fourth-order valence-corrected chi connectivity index (χ4v) is 1.41. The molecule has 0 aliphatic carbocycles. The first kappa shape index (κ1) is 10.2. The van der Waals surface area contributed by atoms with Crippen molar-refractivity contribution in [1.29, 1.82) is 0 Å². The van der Waals surface area contributed by atoms with Crippen LogP contribution in [0.2, 0.25) is 0 Å². The van der Waals surface area contributed by atoms with E-state index in [0.717, 1.165) is 5.56 Å². The third kappa shape index (κ3) is 2.04. The molecule has 0 unspecified atom stereocenters. The van der Waals surface area contributed by atoms with Crippen molar-refractivity contribution in [2.75, 3.05) is 6.54 Å². The summed E-state index contributed by atoms with van der Waals surface area (Å²) >= 11 is 0. The Morgan fingerprint density at radius 3 is 2.88 bits per heavy atom. The summed E-state index contributed by atoms with van der Waals surface area (Å²) in [5, 5.41) is 2.53. The molecular weight excluding hydrogens is 204 g/mol. The average molecular weight is 214 g/mol. The standard InChI is InChI=1S/C12H10N2O2/c1-2-8-13-12-14-11(15)10(16-12)9-6-4-3-5-7-9/h1,3-7,10H,8H2,(H,13,14,15)/t10-/m1/s1. The minimum absolute atomic E-state index is 0.191. The van der Waals surface area contributed by atoms with Crippen LogP contribution in [0.3, 0.4) is 0 Å². The summed E-state index contributed by atoms with van der Waals surface area (Å²) in [5.41, 5.74) is 0.797. The quantitative estimate of drug-likeness (QED) is 0.742. The normalized spacial score (nSPS) is 21.3. The van der Waals surface area contributed by atoms with Crippen molar-refractivity contribution in [3.63, 3.8) is 0 Å². The van der Waals surface area contributed by atoms with Gasteiger partial charge in [-0.3, -0.25) is 10.1 Å². The number of aliphatic imine (C=N–C) groups is 1. The monoisotopic (exact) mass is 214 g/mol. The number of ether oxygens (including phenoxy) is 1. The molecule has 1 aromatic carbocycles. The summed E-state index contributed by atoms with van der Waals surface area (Å²) in [6.07, 6.45) is 4.43. The number of hydrogen-bond donors (Lipinski definition) is 1. The second-order valence-corrected chi connectivity index (χ2v) is 3.22. The van der Waals surface area contributed by atoms with Gasteiger partial charge in [-0.25, -0.2) is 4.99 Å². The van der Waals surface area contributed by atoms with Crippen LogP contribution in [0.15, 0.2) is 35.3 Å². The zero-order valence-corrected chi connectivity index (χ0v) is 8.51. The van der Waals surface area contributed by atoms with E-state index >= 15 is 0 Å². The smallest absolute Gasteiger partial charge is 0.293 e. The molecule has 4 heteroatoms. The summed E-state index contributed by atoms with van der Waals surface area (Å²) in [5.74, 6) is 2.12. The fourth-order valence-electron chi connectivity index (χ4n) is 1.41. The minimum Gasteiger partial charge on any atom is -0.447 e. The van der Waals surface area contributed by atoms with Gasteiger partial charge in [-0.2, -0.15) is 0 Å². The SMILES string of the molecule is C#CCN=C1NC(=O)[C@@H](c2ccccc2)O1. The van der Waals surface area contributed by atoms with Crippen molar-refractivity contribution in [3.05, 3.63) is 35.9 Å². The van der Waals surface area contributed by atoms with Crippen LogP contribution in [-0.2, 0) is 9.53 Å². The number of amidine groups is 1. The second-order valence-electron chi connectivity index (χ2n) is 3.22. The van der Waals surface area contributed by atoms with Gasteiger partial charge < -0.3 is 4.74 Å². The van der Waals surface area contributed by atoms with Crippen LogP contribution in [0.5, 0.6) is 0 Å². The fraction of sp³-hybridized carbons (Fsp3) is 0.167. The number of terminal acetylenes is 1. The van der Waals surface area contributed by atoms with E-state index in [1.807, 2.05) is 30.3 Å². The molecule has 4 nitrogen and oxygen atoms in total. The lowest BCUT2D eigenvalue weighted by atomic mass is 10.1. The maximum atomic E-state index is 11.6. The van der Waals surface area contributed by atoms with Gasteiger partial charge in [0.2, 0.25) is 6.10 Å². The predicted molar refractivity (Wildman–Crippen MR) is 59.5 cm³/mol. The molecule has 1 aliphatic heterocycles. The van der Waals surface area contributed by atoms with E-state index in [1.165, 1.54) is 0 Å². The highest BCUT2D eigenvalue weighted by molar-refractivity contribution is 6.02. The van der Waals surface area contributed by atoms with E-state index in [9.17, 15) is 4.79 Å². The van der Waals surface area contributed by atoms with Crippen molar-refractivity contribution < 1.29 is 9.53 Å². The average Bonchev–Trinajstić information content (AvgIpc) is 2.69. The first-order valence-electron chi connectivity index (χ1n) is 4.81. The summed E-state index contributed by atoms with van der Waals surface area (Å²) in [4.78, 5) is 15.5. The lowest BCUT2D eigenvalue weighted by Crippen LogP contribution is -2.22. The van der Waals surface area contributed by atoms with E-state index in [-0.39, 0.29) is 18.5 Å². The highest BCUT2D eigenvalue weighted by atomic mass is 16.5. The molecule has 1 aliphatic rings. The Morgan fingerprint density at radius 1 is 1.44 bits per heavy atom. The Labute approximate surface area is 93.3 Å². The van der Waals surface area contributed by atoms with Gasteiger partial charge in [-0.05, 0) is 0 Å². The van der Waals surface area contributed by atoms with E-state index in [2.05, 4.69) is 16.2 Å². The molecule has 1 amide bonds. The second kappa shape index (κ2) is 4.49. The number of nitrogens with one attached hydrogen (secondary N) is 1. The van der Waals surface area contributed by atoms with Crippen LogP contribution in [0.1, 0.15) is 11.7 Å². The maximum Gasteiger partial charge on any atom is 0.293 e. The van der Waals surface area contributed by atoms with Crippen LogP contribution in [-0.4, -0.2) is 18.5 Å². The zero-order valence-electron chi connectivity index (χ0n) is 8.51. The van der Waals surface area contributed by atoms with Crippen molar-refractivity contribution in [1.82, 2.24) is 5.32 Å². The summed E-state index contributed by atoms with van der Waals surface area (Å²) in [6, 6.07) is 9.43. The summed E-state index contributed by atoms with van der Waals surface area (Å²) in [7, 11) is 0. The summed E-state index contributed by atoms with van der Waals surface area (Å²) < 4.78 is 5.36. The van der Waals surface area contributed by atoms with Crippen LogP contribution >= 0.6 is 0 Å². The van der Waals surface area contributed by atoms with Gasteiger partial charge in [0.1, 0.15) is 6.54 Å². The van der Waals surface area contributed by atoms with Crippen molar-refractivity contribution >= 4 is 11.9 Å². The number of hydrogen-bond acceptors (Lipinski definition) is 3. The molecule has 1 aromatic rings. The van der Waals surface area contributed by atoms with Crippen molar-refractivity contribution in [2.24, 2.45) is 4.99 Å². The molecule has 80 valence electrons. The number of amides is 1.